The molecule has 1 aliphatic carbocycles. The van der Waals surface area contributed by atoms with E-state index in [-0.39, 0.29) is 23.8 Å². The second-order valence-electron chi connectivity index (χ2n) is 9.37. The Morgan fingerprint density at radius 2 is 1.67 bits per heavy atom. The number of ketones is 1. The van der Waals surface area contributed by atoms with Crippen LogP contribution in [0.4, 0.5) is 5.69 Å². The standard InChI is InChI=1S/C28H32N2O3/c1-17(2)33-28(32)25-18(3)29-23-15-21(19-9-7-6-8-10-19)16-24(31)27(23)26(25)20-11-13-22(14-12-20)30(4)5/h6-14,17,21,26,29H,15-16H2,1-5H3/t21-,26+/m1/s1. The molecule has 0 bridgehead atoms. The number of allylic oxidation sites excluding steroid dienone is 3. The van der Waals surface area contributed by atoms with E-state index in [0.717, 1.165) is 34.6 Å². The minimum absolute atomic E-state index is 0.0848. The predicted molar refractivity (Wildman–Crippen MR) is 131 cm³/mol. The zero-order valence-electron chi connectivity index (χ0n) is 20.0. The third kappa shape index (κ3) is 4.58. The highest BCUT2D eigenvalue weighted by molar-refractivity contribution is 6.04. The molecule has 4 rings (SSSR count). The number of nitrogens with one attached hydrogen (secondary N) is 1. The van der Waals surface area contributed by atoms with Crippen LogP contribution in [-0.2, 0) is 14.3 Å². The first kappa shape index (κ1) is 22.8. The van der Waals surface area contributed by atoms with E-state index in [1.54, 1.807) is 0 Å². The maximum atomic E-state index is 13.6. The van der Waals surface area contributed by atoms with Crippen LogP contribution in [0, 0.1) is 0 Å². The molecule has 2 aromatic rings. The van der Waals surface area contributed by atoms with Crippen molar-refractivity contribution in [3.05, 3.63) is 88.3 Å². The highest BCUT2D eigenvalue weighted by atomic mass is 16.5. The molecule has 2 atom stereocenters. The van der Waals surface area contributed by atoms with E-state index < -0.39 is 5.92 Å². The van der Waals surface area contributed by atoms with Gasteiger partial charge in [-0.25, -0.2) is 4.79 Å². The van der Waals surface area contributed by atoms with E-state index in [1.807, 2.05) is 82.2 Å². The molecule has 0 amide bonds. The topological polar surface area (TPSA) is 58.6 Å². The van der Waals surface area contributed by atoms with Gasteiger partial charge in [0.1, 0.15) is 0 Å². The number of rotatable bonds is 5. The van der Waals surface area contributed by atoms with Crippen molar-refractivity contribution in [1.82, 2.24) is 5.32 Å². The molecular formula is C28H32N2O3. The van der Waals surface area contributed by atoms with Crippen LogP contribution >= 0.6 is 0 Å². The second kappa shape index (κ2) is 9.26. The number of benzene rings is 2. The Bertz CT molecular complexity index is 1110. The first-order valence-electron chi connectivity index (χ1n) is 11.5. The molecule has 172 valence electrons. The molecule has 0 unspecified atom stereocenters. The minimum atomic E-state index is -0.437. The van der Waals surface area contributed by atoms with Gasteiger partial charge in [-0.15, -0.1) is 0 Å². The zero-order valence-corrected chi connectivity index (χ0v) is 20.0. The fraction of sp³-hybridized carbons (Fsp3) is 0.357. The summed E-state index contributed by atoms with van der Waals surface area (Å²) in [5.41, 5.74) is 6.04. The summed E-state index contributed by atoms with van der Waals surface area (Å²) < 4.78 is 5.60. The van der Waals surface area contributed by atoms with Gasteiger partial charge in [0.05, 0.1) is 11.7 Å². The number of nitrogens with zero attached hydrogens (tertiary/aromatic N) is 1. The summed E-state index contributed by atoms with van der Waals surface area (Å²) in [6, 6.07) is 18.3. The lowest BCUT2D eigenvalue weighted by Gasteiger charge is -2.37. The maximum absolute atomic E-state index is 13.6. The minimum Gasteiger partial charge on any atom is -0.460 e. The molecule has 0 fully saturated rings. The second-order valence-corrected chi connectivity index (χ2v) is 9.37. The molecule has 1 N–H and O–H groups in total. The third-order valence-electron chi connectivity index (χ3n) is 6.40. The van der Waals surface area contributed by atoms with Crippen molar-refractivity contribution in [2.75, 3.05) is 19.0 Å². The van der Waals surface area contributed by atoms with Crippen LogP contribution in [0.1, 0.15) is 56.6 Å². The van der Waals surface area contributed by atoms with Crippen molar-refractivity contribution in [2.24, 2.45) is 0 Å². The highest BCUT2D eigenvalue weighted by Crippen LogP contribution is 2.46. The number of hydrogen-bond acceptors (Lipinski definition) is 5. The number of hydrogen-bond donors (Lipinski definition) is 1. The van der Waals surface area contributed by atoms with Gasteiger partial charge in [0.15, 0.2) is 5.78 Å². The normalized spacial score (nSPS) is 20.5. The number of anilines is 1. The van der Waals surface area contributed by atoms with Gasteiger partial charge >= 0.3 is 5.97 Å². The van der Waals surface area contributed by atoms with E-state index >= 15 is 0 Å². The van der Waals surface area contributed by atoms with E-state index in [2.05, 4.69) is 17.4 Å². The molecule has 33 heavy (non-hydrogen) atoms. The summed E-state index contributed by atoms with van der Waals surface area (Å²) in [4.78, 5) is 28.8. The smallest absolute Gasteiger partial charge is 0.337 e. The molecule has 2 aliphatic rings. The molecule has 5 nitrogen and oxygen atoms in total. The van der Waals surface area contributed by atoms with E-state index in [0.29, 0.717) is 17.6 Å². The van der Waals surface area contributed by atoms with Crippen LogP contribution in [-0.4, -0.2) is 32.0 Å². The van der Waals surface area contributed by atoms with Gasteiger partial charge in [-0.05, 0) is 56.4 Å². The lowest BCUT2D eigenvalue weighted by Crippen LogP contribution is -2.36. The highest BCUT2D eigenvalue weighted by Gasteiger charge is 2.41. The summed E-state index contributed by atoms with van der Waals surface area (Å²) in [6.45, 7) is 5.58. The van der Waals surface area contributed by atoms with Crippen LogP contribution in [0.5, 0.6) is 0 Å². The summed E-state index contributed by atoms with van der Waals surface area (Å²) in [6.07, 6.45) is 0.929. The van der Waals surface area contributed by atoms with Crippen molar-refractivity contribution in [3.63, 3.8) is 0 Å². The SMILES string of the molecule is CC1=C(C(=O)OC(C)C)[C@H](c2ccc(N(C)C)cc2)C2=C(C[C@@H](c3ccccc3)CC2=O)N1. The number of ether oxygens (including phenoxy) is 1. The number of carbonyl (C=O) groups excluding carboxylic acids is 2. The van der Waals surface area contributed by atoms with E-state index in [9.17, 15) is 9.59 Å². The van der Waals surface area contributed by atoms with Gasteiger partial charge < -0.3 is 15.0 Å². The monoisotopic (exact) mass is 444 g/mol. The van der Waals surface area contributed by atoms with Crippen molar-refractivity contribution in [3.8, 4) is 0 Å². The van der Waals surface area contributed by atoms with Crippen molar-refractivity contribution < 1.29 is 14.3 Å². The summed E-state index contributed by atoms with van der Waals surface area (Å²) >= 11 is 0. The van der Waals surface area contributed by atoms with E-state index in [4.69, 9.17) is 4.74 Å². The van der Waals surface area contributed by atoms with Crippen molar-refractivity contribution >= 4 is 17.4 Å². The van der Waals surface area contributed by atoms with E-state index in [1.165, 1.54) is 0 Å². The Labute approximate surface area is 196 Å². The molecule has 5 heteroatoms. The molecule has 1 heterocycles. The first-order chi connectivity index (χ1) is 15.8. The number of dihydropyridines is 1. The van der Waals surface area contributed by atoms with Gasteiger partial charge in [0.2, 0.25) is 0 Å². The Hall–Kier alpha value is -3.34. The Morgan fingerprint density at radius 1 is 1.00 bits per heavy atom. The molecule has 0 radical (unpaired) electrons. The Kier molecular flexibility index (Phi) is 6.41. The first-order valence-corrected chi connectivity index (χ1v) is 11.5. The van der Waals surface area contributed by atoms with Gasteiger partial charge in [0.25, 0.3) is 0 Å². The lowest BCUT2D eigenvalue weighted by atomic mass is 9.71. The molecule has 0 saturated carbocycles. The predicted octanol–water partition coefficient (Wildman–Crippen LogP) is 5.07. The lowest BCUT2D eigenvalue weighted by molar-refractivity contribution is -0.143. The molecule has 1 aliphatic heterocycles. The maximum Gasteiger partial charge on any atom is 0.337 e. The molecule has 0 spiro atoms. The summed E-state index contributed by atoms with van der Waals surface area (Å²) in [7, 11) is 3.98. The van der Waals surface area contributed by atoms with Crippen LogP contribution in [0.2, 0.25) is 0 Å². The number of esters is 1. The van der Waals surface area contributed by atoms with Crippen molar-refractivity contribution in [2.45, 2.75) is 51.6 Å². The van der Waals surface area contributed by atoms with Crippen LogP contribution < -0.4 is 10.2 Å². The van der Waals surface area contributed by atoms with Crippen LogP contribution in [0.25, 0.3) is 0 Å². The summed E-state index contributed by atoms with van der Waals surface area (Å²) in [5.74, 6) is -0.602. The largest absolute Gasteiger partial charge is 0.460 e. The van der Waals surface area contributed by atoms with Gasteiger partial charge in [-0.1, -0.05) is 42.5 Å². The van der Waals surface area contributed by atoms with Gasteiger partial charge in [0, 0.05) is 49.1 Å². The quantitative estimate of drug-likeness (QED) is 0.653. The Morgan fingerprint density at radius 3 is 2.27 bits per heavy atom. The molecular weight excluding hydrogens is 412 g/mol. The molecule has 0 aromatic heterocycles. The van der Waals surface area contributed by atoms with Crippen LogP contribution in [0.15, 0.2) is 77.1 Å². The number of carbonyl (C=O) groups is 2. The van der Waals surface area contributed by atoms with Crippen molar-refractivity contribution in [1.29, 1.82) is 0 Å². The molecule has 0 saturated heterocycles. The number of Topliss-reactive ketones (excluding diaryl/α,β-unsaturated/α-hetero) is 1. The fourth-order valence-corrected chi connectivity index (χ4v) is 4.85. The average molecular weight is 445 g/mol. The third-order valence-corrected chi connectivity index (χ3v) is 6.40. The molecule has 2 aromatic carbocycles. The summed E-state index contributed by atoms with van der Waals surface area (Å²) in [5, 5.41) is 3.41. The Balaban J connectivity index is 1.79. The fourth-order valence-electron chi connectivity index (χ4n) is 4.85. The van der Waals surface area contributed by atoms with Gasteiger partial charge in [-0.2, -0.15) is 0 Å². The average Bonchev–Trinajstić information content (AvgIpc) is 2.78. The zero-order chi connectivity index (χ0) is 23.7. The van der Waals surface area contributed by atoms with Gasteiger partial charge in [-0.3, -0.25) is 4.79 Å². The van der Waals surface area contributed by atoms with Crippen LogP contribution in [0.3, 0.4) is 0 Å².